The van der Waals surface area contributed by atoms with Gasteiger partial charge in [0.05, 0.1) is 18.7 Å². The first-order valence-corrected chi connectivity index (χ1v) is 8.47. The molecule has 5 nitrogen and oxygen atoms in total. The zero-order valence-electron chi connectivity index (χ0n) is 13.7. The summed E-state index contributed by atoms with van der Waals surface area (Å²) in [6.45, 7) is 4.61. The average molecular weight is 318 g/mol. The van der Waals surface area contributed by atoms with Crippen LogP contribution in [0.4, 0.5) is 0 Å². The largest absolute Gasteiger partial charge is 0.381 e. The number of carbonyl (C=O) groups is 1. The molecule has 0 spiro atoms. The maximum absolute atomic E-state index is 12.8. The van der Waals surface area contributed by atoms with Gasteiger partial charge in [-0.3, -0.25) is 4.79 Å². The highest BCUT2D eigenvalue weighted by Crippen LogP contribution is 2.27. The standard InChI is InChI=1S/C18H26N2O3/c1-13-11-20(12-16(23-13)14-5-3-2-4-6-14)18(21)17(19)15-7-9-22-10-8-15/h2-6,13,15-17H,7-12,19H2,1H3. The summed E-state index contributed by atoms with van der Waals surface area (Å²) in [5.74, 6) is 0.276. The third-order valence-electron chi connectivity index (χ3n) is 4.80. The van der Waals surface area contributed by atoms with Crippen LogP contribution in [0.3, 0.4) is 0 Å². The van der Waals surface area contributed by atoms with Gasteiger partial charge in [0.2, 0.25) is 5.91 Å². The Morgan fingerprint density at radius 2 is 1.91 bits per heavy atom. The number of amides is 1. The molecule has 3 rings (SSSR count). The van der Waals surface area contributed by atoms with Crippen LogP contribution < -0.4 is 5.73 Å². The molecule has 0 bridgehead atoms. The lowest BCUT2D eigenvalue weighted by Gasteiger charge is -2.39. The van der Waals surface area contributed by atoms with Crippen molar-refractivity contribution >= 4 is 5.91 Å². The van der Waals surface area contributed by atoms with Crippen molar-refractivity contribution in [3.63, 3.8) is 0 Å². The minimum Gasteiger partial charge on any atom is -0.381 e. The van der Waals surface area contributed by atoms with Crippen LogP contribution in [0, 0.1) is 5.92 Å². The summed E-state index contributed by atoms with van der Waals surface area (Å²) in [4.78, 5) is 14.7. The van der Waals surface area contributed by atoms with Crippen molar-refractivity contribution in [2.24, 2.45) is 11.7 Å². The summed E-state index contributed by atoms with van der Waals surface area (Å²) in [5.41, 5.74) is 7.37. The van der Waals surface area contributed by atoms with Gasteiger partial charge in [0, 0.05) is 19.8 Å². The van der Waals surface area contributed by atoms with Crippen molar-refractivity contribution in [1.82, 2.24) is 4.90 Å². The lowest BCUT2D eigenvalue weighted by Crippen LogP contribution is -2.54. The number of hydrogen-bond acceptors (Lipinski definition) is 4. The number of benzene rings is 1. The highest BCUT2D eigenvalue weighted by atomic mass is 16.5. The zero-order chi connectivity index (χ0) is 16.2. The monoisotopic (exact) mass is 318 g/mol. The van der Waals surface area contributed by atoms with E-state index in [-0.39, 0.29) is 24.0 Å². The molecule has 2 heterocycles. The van der Waals surface area contributed by atoms with Crippen molar-refractivity contribution in [3.8, 4) is 0 Å². The second-order valence-electron chi connectivity index (χ2n) is 6.56. The number of carbonyl (C=O) groups excluding carboxylic acids is 1. The van der Waals surface area contributed by atoms with Gasteiger partial charge in [-0.15, -0.1) is 0 Å². The Labute approximate surface area is 137 Å². The number of nitrogens with zero attached hydrogens (tertiary/aromatic N) is 1. The van der Waals surface area contributed by atoms with Crippen LogP contribution in [0.15, 0.2) is 30.3 Å². The van der Waals surface area contributed by atoms with Crippen LogP contribution in [-0.4, -0.2) is 49.3 Å². The maximum atomic E-state index is 12.8. The molecule has 3 atom stereocenters. The molecular weight excluding hydrogens is 292 g/mol. The minimum absolute atomic E-state index is 0.0137. The first-order valence-electron chi connectivity index (χ1n) is 8.47. The highest BCUT2D eigenvalue weighted by molar-refractivity contribution is 5.82. The molecule has 1 aromatic rings. The zero-order valence-corrected chi connectivity index (χ0v) is 13.7. The van der Waals surface area contributed by atoms with E-state index in [2.05, 4.69) is 0 Å². The van der Waals surface area contributed by atoms with E-state index in [0.717, 1.165) is 18.4 Å². The van der Waals surface area contributed by atoms with Crippen molar-refractivity contribution in [3.05, 3.63) is 35.9 Å². The molecule has 0 saturated carbocycles. The van der Waals surface area contributed by atoms with Gasteiger partial charge in [-0.1, -0.05) is 30.3 Å². The number of ether oxygens (including phenoxy) is 2. The number of hydrogen-bond donors (Lipinski definition) is 1. The predicted octanol–water partition coefficient (Wildman–Crippen LogP) is 1.73. The van der Waals surface area contributed by atoms with E-state index in [0.29, 0.717) is 26.3 Å². The van der Waals surface area contributed by atoms with Gasteiger partial charge in [0.15, 0.2) is 0 Å². The van der Waals surface area contributed by atoms with Crippen LogP contribution in [0.1, 0.15) is 31.4 Å². The Morgan fingerprint density at radius 1 is 1.22 bits per heavy atom. The van der Waals surface area contributed by atoms with E-state index in [1.165, 1.54) is 0 Å². The smallest absolute Gasteiger partial charge is 0.239 e. The quantitative estimate of drug-likeness (QED) is 0.922. The normalized spacial score (nSPS) is 27.7. The summed E-state index contributed by atoms with van der Waals surface area (Å²) in [7, 11) is 0. The second-order valence-corrected chi connectivity index (χ2v) is 6.56. The van der Waals surface area contributed by atoms with Crippen molar-refractivity contribution in [2.45, 2.75) is 38.0 Å². The molecular formula is C18H26N2O3. The summed E-state index contributed by atoms with van der Waals surface area (Å²) >= 11 is 0. The van der Waals surface area contributed by atoms with Crippen molar-refractivity contribution < 1.29 is 14.3 Å². The molecule has 0 aromatic heterocycles. The lowest BCUT2D eigenvalue weighted by molar-refractivity contribution is -0.148. The van der Waals surface area contributed by atoms with Gasteiger partial charge < -0.3 is 20.1 Å². The maximum Gasteiger partial charge on any atom is 0.239 e. The van der Waals surface area contributed by atoms with Crippen LogP contribution in [0.25, 0.3) is 0 Å². The molecule has 23 heavy (non-hydrogen) atoms. The SMILES string of the molecule is CC1CN(C(=O)C(N)C2CCOCC2)CC(c2ccccc2)O1. The van der Waals surface area contributed by atoms with E-state index >= 15 is 0 Å². The average Bonchev–Trinajstić information content (AvgIpc) is 2.61. The fourth-order valence-electron chi connectivity index (χ4n) is 3.47. The summed E-state index contributed by atoms with van der Waals surface area (Å²) in [6, 6.07) is 9.64. The molecule has 0 radical (unpaired) electrons. The molecule has 2 aliphatic heterocycles. The van der Waals surface area contributed by atoms with E-state index in [1.807, 2.05) is 42.2 Å². The second kappa shape index (κ2) is 7.43. The topological polar surface area (TPSA) is 64.8 Å². The molecule has 5 heteroatoms. The van der Waals surface area contributed by atoms with Gasteiger partial charge in [-0.05, 0) is 31.2 Å². The van der Waals surface area contributed by atoms with Crippen molar-refractivity contribution in [1.29, 1.82) is 0 Å². The van der Waals surface area contributed by atoms with Gasteiger partial charge in [0.1, 0.15) is 6.10 Å². The molecule has 1 aromatic carbocycles. The van der Waals surface area contributed by atoms with E-state index in [4.69, 9.17) is 15.2 Å². The fraction of sp³-hybridized carbons (Fsp3) is 0.611. The minimum atomic E-state index is -0.430. The molecule has 1 amide bonds. The van der Waals surface area contributed by atoms with Crippen LogP contribution >= 0.6 is 0 Å². The number of nitrogens with two attached hydrogens (primary N) is 1. The highest BCUT2D eigenvalue weighted by Gasteiger charge is 2.34. The van der Waals surface area contributed by atoms with Gasteiger partial charge in [-0.2, -0.15) is 0 Å². The summed E-state index contributed by atoms with van der Waals surface area (Å²) < 4.78 is 11.4. The Morgan fingerprint density at radius 3 is 2.61 bits per heavy atom. The Balaban J connectivity index is 1.67. The Hall–Kier alpha value is -1.43. The number of morpholine rings is 1. The van der Waals surface area contributed by atoms with Crippen LogP contribution in [0.5, 0.6) is 0 Å². The molecule has 126 valence electrons. The molecule has 2 N–H and O–H groups in total. The lowest BCUT2D eigenvalue weighted by atomic mass is 9.91. The van der Waals surface area contributed by atoms with Gasteiger partial charge >= 0.3 is 0 Å². The Bertz CT molecular complexity index is 516. The number of rotatable bonds is 3. The molecule has 2 saturated heterocycles. The van der Waals surface area contributed by atoms with E-state index < -0.39 is 6.04 Å². The fourth-order valence-corrected chi connectivity index (χ4v) is 3.47. The van der Waals surface area contributed by atoms with Crippen molar-refractivity contribution in [2.75, 3.05) is 26.3 Å². The predicted molar refractivity (Wildman–Crippen MR) is 87.8 cm³/mol. The first kappa shape index (κ1) is 16.4. The third-order valence-corrected chi connectivity index (χ3v) is 4.80. The molecule has 0 aliphatic carbocycles. The summed E-state index contributed by atoms with van der Waals surface area (Å²) in [6.07, 6.45) is 1.68. The molecule has 2 fully saturated rings. The van der Waals surface area contributed by atoms with E-state index in [1.54, 1.807) is 0 Å². The van der Waals surface area contributed by atoms with Gasteiger partial charge in [-0.25, -0.2) is 0 Å². The van der Waals surface area contributed by atoms with E-state index in [9.17, 15) is 4.79 Å². The third kappa shape index (κ3) is 3.91. The first-order chi connectivity index (χ1) is 11.1. The molecule has 2 aliphatic rings. The Kier molecular flexibility index (Phi) is 5.30. The van der Waals surface area contributed by atoms with Crippen LogP contribution in [0.2, 0.25) is 0 Å². The molecule has 3 unspecified atom stereocenters. The summed E-state index contributed by atoms with van der Waals surface area (Å²) in [5, 5.41) is 0. The van der Waals surface area contributed by atoms with Crippen LogP contribution in [-0.2, 0) is 14.3 Å². The van der Waals surface area contributed by atoms with Gasteiger partial charge in [0.25, 0.3) is 0 Å².